The van der Waals surface area contributed by atoms with Crippen molar-refractivity contribution in [1.82, 2.24) is 10.2 Å². The highest BCUT2D eigenvalue weighted by molar-refractivity contribution is 5.95. The summed E-state index contributed by atoms with van der Waals surface area (Å²) >= 11 is 0. The van der Waals surface area contributed by atoms with Gasteiger partial charge < -0.3 is 10.4 Å². The van der Waals surface area contributed by atoms with Gasteiger partial charge in [0, 0.05) is 6.07 Å². The lowest BCUT2D eigenvalue weighted by molar-refractivity contribution is -0.146. The van der Waals surface area contributed by atoms with Gasteiger partial charge in [-0.05, 0) is 24.3 Å². The molecule has 7 heteroatoms. The largest absolute Gasteiger partial charge is 0.481 e. The fourth-order valence-corrected chi connectivity index (χ4v) is 3.14. The van der Waals surface area contributed by atoms with Gasteiger partial charge in [0.15, 0.2) is 5.82 Å². The van der Waals surface area contributed by atoms with Gasteiger partial charge in [0.2, 0.25) is 5.91 Å². The number of aromatic nitrogens is 2. The number of carbonyl (C=O) groups excluding carboxylic acids is 1. The number of carbonyl (C=O) groups is 2. The molecule has 4 atom stereocenters. The number of fused-ring (bicyclic) bond motifs is 2. The average Bonchev–Trinajstić information content (AvgIpc) is 3.01. The number of allylic oxidation sites excluding steroid dienone is 2. The van der Waals surface area contributed by atoms with E-state index in [1.165, 1.54) is 12.1 Å². The monoisotopic (exact) mass is 275 g/mol. The van der Waals surface area contributed by atoms with Crippen LogP contribution in [0.5, 0.6) is 0 Å². The molecule has 2 bridgehead atoms. The molecule has 0 saturated heterocycles. The molecule has 0 aliphatic heterocycles. The first kappa shape index (κ1) is 12.6. The second kappa shape index (κ2) is 4.59. The van der Waals surface area contributed by atoms with E-state index in [9.17, 15) is 19.5 Å². The molecule has 1 amide bonds. The number of amides is 1. The zero-order valence-corrected chi connectivity index (χ0v) is 10.4. The Bertz CT molecular complexity index is 631. The summed E-state index contributed by atoms with van der Waals surface area (Å²) in [5.74, 6) is -2.49. The van der Waals surface area contributed by atoms with E-state index in [1.54, 1.807) is 0 Å². The molecule has 104 valence electrons. The molecule has 0 aromatic carbocycles. The molecular weight excluding hydrogens is 262 g/mol. The van der Waals surface area contributed by atoms with Crippen molar-refractivity contribution in [2.24, 2.45) is 23.7 Å². The molecule has 0 radical (unpaired) electrons. The molecule has 1 fully saturated rings. The Morgan fingerprint density at radius 2 is 1.95 bits per heavy atom. The van der Waals surface area contributed by atoms with Crippen molar-refractivity contribution in [3.63, 3.8) is 0 Å². The molecule has 7 nitrogen and oxygen atoms in total. The highest BCUT2D eigenvalue weighted by Gasteiger charge is 2.51. The van der Waals surface area contributed by atoms with Crippen molar-refractivity contribution in [1.29, 1.82) is 0 Å². The van der Waals surface area contributed by atoms with E-state index in [0.29, 0.717) is 6.42 Å². The van der Waals surface area contributed by atoms with Gasteiger partial charge >= 0.3 is 5.97 Å². The first-order valence-corrected chi connectivity index (χ1v) is 6.34. The molecule has 1 saturated carbocycles. The highest BCUT2D eigenvalue weighted by Crippen LogP contribution is 2.48. The zero-order valence-electron chi connectivity index (χ0n) is 10.4. The summed E-state index contributed by atoms with van der Waals surface area (Å²) < 4.78 is 0. The number of nitrogens with one attached hydrogen (secondary N) is 2. The van der Waals surface area contributed by atoms with Gasteiger partial charge in [-0.1, -0.05) is 12.2 Å². The van der Waals surface area contributed by atoms with E-state index in [4.69, 9.17) is 0 Å². The van der Waals surface area contributed by atoms with E-state index < -0.39 is 17.8 Å². The predicted octanol–water partition coefficient (Wildman–Crippen LogP) is 0.231. The summed E-state index contributed by atoms with van der Waals surface area (Å²) in [5, 5.41) is 17.7. The number of H-pyrrole nitrogens is 1. The van der Waals surface area contributed by atoms with Crippen LogP contribution in [0.25, 0.3) is 0 Å². The number of carboxylic acid groups (broad SMARTS) is 1. The molecule has 20 heavy (non-hydrogen) atoms. The molecule has 2 aliphatic carbocycles. The van der Waals surface area contributed by atoms with Crippen LogP contribution in [0.4, 0.5) is 5.82 Å². The maximum atomic E-state index is 12.3. The third-order valence-electron chi connectivity index (χ3n) is 3.98. The minimum atomic E-state index is -0.948. The smallest absolute Gasteiger partial charge is 0.307 e. The summed E-state index contributed by atoms with van der Waals surface area (Å²) in [6, 6.07) is 2.63. The normalized spacial score (nSPS) is 30.4. The van der Waals surface area contributed by atoms with Crippen LogP contribution in [-0.4, -0.2) is 27.2 Å². The molecular formula is C13H13N3O4. The van der Waals surface area contributed by atoms with Gasteiger partial charge in [-0.2, -0.15) is 5.10 Å². The number of rotatable bonds is 3. The standard InChI is InChI=1S/C13H13N3O4/c17-9-4-3-8(15-16-9)14-12(18)10-6-1-2-7(5-6)11(10)13(19)20/h1-4,6-7,10-11H,5H2,(H,16,17)(H,19,20)(H,14,15,18). The maximum absolute atomic E-state index is 12.3. The lowest BCUT2D eigenvalue weighted by Crippen LogP contribution is -2.36. The van der Waals surface area contributed by atoms with Gasteiger partial charge in [-0.15, -0.1) is 0 Å². The molecule has 0 spiro atoms. The van der Waals surface area contributed by atoms with Crippen LogP contribution in [-0.2, 0) is 9.59 Å². The molecule has 4 unspecified atom stereocenters. The molecule has 2 aliphatic rings. The molecule has 1 aromatic heterocycles. The van der Waals surface area contributed by atoms with Crippen LogP contribution >= 0.6 is 0 Å². The van der Waals surface area contributed by atoms with E-state index in [2.05, 4.69) is 15.5 Å². The van der Waals surface area contributed by atoms with Gasteiger partial charge in [0.25, 0.3) is 5.56 Å². The number of hydrogen-bond acceptors (Lipinski definition) is 4. The molecule has 1 heterocycles. The van der Waals surface area contributed by atoms with Gasteiger partial charge in [0.1, 0.15) is 0 Å². The number of hydrogen-bond donors (Lipinski definition) is 3. The van der Waals surface area contributed by atoms with Crippen LogP contribution in [0, 0.1) is 23.7 Å². The SMILES string of the molecule is O=C(O)C1C2C=CC(C2)C1C(=O)Nc1ccc(=O)[nH]n1. The van der Waals surface area contributed by atoms with Gasteiger partial charge in [-0.25, -0.2) is 5.10 Å². The summed E-state index contributed by atoms with van der Waals surface area (Å²) in [6.45, 7) is 0. The van der Waals surface area contributed by atoms with E-state index >= 15 is 0 Å². The van der Waals surface area contributed by atoms with Crippen LogP contribution in [0.15, 0.2) is 29.1 Å². The van der Waals surface area contributed by atoms with Crippen molar-refractivity contribution >= 4 is 17.7 Å². The lowest BCUT2D eigenvalue weighted by Gasteiger charge is -2.23. The van der Waals surface area contributed by atoms with Crippen molar-refractivity contribution in [2.75, 3.05) is 5.32 Å². The summed E-state index contributed by atoms with van der Waals surface area (Å²) in [4.78, 5) is 34.5. The number of nitrogens with zero attached hydrogens (tertiary/aromatic N) is 1. The summed E-state index contributed by atoms with van der Waals surface area (Å²) in [6.07, 6.45) is 4.49. The summed E-state index contributed by atoms with van der Waals surface area (Å²) in [7, 11) is 0. The quantitative estimate of drug-likeness (QED) is 0.684. The Labute approximate surface area is 113 Å². The zero-order chi connectivity index (χ0) is 14.3. The van der Waals surface area contributed by atoms with Crippen LogP contribution < -0.4 is 10.9 Å². The van der Waals surface area contributed by atoms with E-state index in [0.717, 1.165) is 0 Å². The van der Waals surface area contributed by atoms with Crippen molar-refractivity contribution in [2.45, 2.75) is 6.42 Å². The topological polar surface area (TPSA) is 112 Å². The van der Waals surface area contributed by atoms with Crippen molar-refractivity contribution in [3.8, 4) is 0 Å². The molecule has 3 rings (SSSR count). The van der Waals surface area contributed by atoms with E-state index in [-0.39, 0.29) is 29.1 Å². The number of anilines is 1. The van der Waals surface area contributed by atoms with Gasteiger partial charge in [0.05, 0.1) is 11.8 Å². The number of carboxylic acids is 1. The third-order valence-corrected chi connectivity index (χ3v) is 3.98. The average molecular weight is 275 g/mol. The Morgan fingerprint density at radius 1 is 1.25 bits per heavy atom. The molecule has 3 N–H and O–H groups in total. The van der Waals surface area contributed by atoms with Crippen molar-refractivity contribution < 1.29 is 14.7 Å². The Hall–Kier alpha value is -2.44. The predicted molar refractivity (Wildman–Crippen MR) is 68.8 cm³/mol. The van der Waals surface area contributed by atoms with Crippen LogP contribution in [0.3, 0.4) is 0 Å². The highest BCUT2D eigenvalue weighted by atomic mass is 16.4. The van der Waals surface area contributed by atoms with Crippen LogP contribution in [0.1, 0.15) is 6.42 Å². The minimum Gasteiger partial charge on any atom is -0.481 e. The number of aromatic amines is 1. The van der Waals surface area contributed by atoms with E-state index in [1.807, 2.05) is 12.2 Å². The number of aliphatic carboxylic acids is 1. The fourth-order valence-electron chi connectivity index (χ4n) is 3.14. The Morgan fingerprint density at radius 3 is 2.55 bits per heavy atom. The maximum Gasteiger partial charge on any atom is 0.307 e. The Balaban J connectivity index is 1.79. The first-order valence-electron chi connectivity index (χ1n) is 6.34. The minimum absolute atomic E-state index is 0.0381. The first-order chi connectivity index (χ1) is 9.56. The second-order valence-corrected chi connectivity index (χ2v) is 5.13. The van der Waals surface area contributed by atoms with Crippen LogP contribution in [0.2, 0.25) is 0 Å². The lowest BCUT2D eigenvalue weighted by atomic mass is 9.82. The molecule has 1 aromatic rings. The van der Waals surface area contributed by atoms with Crippen molar-refractivity contribution in [3.05, 3.63) is 34.6 Å². The fraction of sp³-hybridized carbons (Fsp3) is 0.385. The third kappa shape index (κ3) is 2.01. The summed E-state index contributed by atoms with van der Waals surface area (Å²) in [5.41, 5.74) is -0.366. The van der Waals surface area contributed by atoms with Gasteiger partial charge in [-0.3, -0.25) is 14.4 Å². The Kier molecular flexibility index (Phi) is 2.89. The second-order valence-electron chi connectivity index (χ2n) is 5.13.